The molecule has 1 N–H and O–H groups in total. The van der Waals surface area contributed by atoms with Gasteiger partial charge >= 0.3 is 0 Å². The maximum atomic E-state index is 14.5. The Balaban J connectivity index is 1.58. The summed E-state index contributed by atoms with van der Waals surface area (Å²) in [5.74, 6) is -1.60. The van der Waals surface area contributed by atoms with Crippen LogP contribution in [-0.4, -0.2) is 66.6 Å². The molecule has 2 atom stereocenters. The van der Waals surface area contributed by atoms with Crippen molar-refractivity contribution in [1.29, 1.82) is 0 Å². The quantitative estimate of drug-likeness (QED) is 0.355. The first-order valence-electron chi connectivity index (χ1n) is 13.2. The van der Waals surface area contributed by atoms with Gasteiger partial charge in [-0.3, -0.25) is 14.4 Å². The van der Waals surface area contributed by atoms with Gasteiger partial charge in [0.1, 0.15) is 19.0 Å². The van der Waals surface area contributed by atoms with Gasteiger partial charge in [-0.1, -0.05) is 31.5 Å². The zero-order valence-corrected chi connectivity index (χ0v) is 21.3. The summed E-state index contributed by atoms with van der Waals surface area (Å²) in [5, 5.41) is 11.7. The second-order valence-corrected chi connectivity index (χ2v) is 10.00. The van der Waals surface area contributed by atoms with Crippen LogP contribution in [0.15, 0.2) is 48.0 Å². The van der Waals surface area contributed by atoms with Crippen LogP contribution in [0.1, 0.15) is 43.7 Å². The highest BCUT2D eigenvalue weighted by Crippen LogP contribution is 2.54. The molecule has 2 aromatic carbocycles. The lowest BCUT2D eigenvalue weighted by atomic mass is 9.81. The number of para-hydroxylation sites is 1. The largest absolute Gasteiger partial charge is 0.507 e. The van der Waals surface area contributed by atoms with E-state index >= 15 is 0 Å². The van der Waals surface area contributed by atoms with E-state index in [9.17, 15) is 19.5 Å². The minimum absolute atomic E-state index is 0.0736. The Hall–Kier alpha value is -3.85. The fraction of sp³-hybridized carbons (Fsp3) is 0.414. The number of nitrogens with zero attached hydrogens (tertiary/aromatic N) is 2. The van der Waals surface area contributed by atoms with Gasteiger partial charge in [0.2, 0.25) is 0 Å². The number of ether oxygens (including phenoxy) is 3. The Morgan fingerprint density at radius 3 is 2.61 bits per heavy atom. The van der Waals surface area contributed by atoms with E-state index < -0.39 is 28.9 Å². The zero-order chi connectivity index (χ0) is 26.4. The molecule has 38 heavy (non-hydrogen) atoms. The van der Waals surface area contributed by atoms with Crippen molar-refractivity contribution < 1.29 is 33.7 Å². The van der Waals surface area contributed by atoms with Crippen molar-refractivity contribution in [1.82, 2.24) is 4.90 Å². The van der Waals surface area contributed by atoms with Gasteiger partial charge in [-0.15, -0.1) is 0 Å². The summed E-state index contributed by atoms with van der Waals surface area (Å²) in [6, 6.07) is 12.0. The molecule has 2 fully saturated rings. The van der Waals surface area contributed by atoms with Crippen LogP contribution in [0, 0.1) is 0 Å². The fourth-order valence-corrected chi connectivity index (χ4v) is 5.98. The third-order valence-corrected chi connectivity index (χ3v) is 7.77. The molecule has 6 rings (SSSR count). The number of unbranched alkanes of at least 4 members (excludes halogenated alkanes) is 1. The first-order chi connectivity index (χ1) is 18.5. The second kappa shape index (κ2) is 9.47. The van der Waals surface area contributed by atoms with Crippen LogP contribution in [0.25, 0.3) is 5.76 Å². The molecule has 0 unspecified atom stereocenters. The fourth-order valence-electron chi connectivity index (χ4n) is 5.98. The lowest BCUT2D eigenvalue weighted by Gasteiger charge is -2.35. The van der Waals surface area contributed by atoms with Crippen molar-refractivity contribution in [2.45, 2.75) is 44.2 Å². The van der Waals surface area contributed by atoms with E-state index in [1.807, 2.05) is 19.1 Å². The summed E-state index contributed by atoms with van der Waals surface area (Å²) in [4.78, 5) is 44.9. The Morgan fingerprint density at radius 2 is 1.84 bits per heavy atom. The van der Waals surface area contributed by atoms with Gasteiger partial charge in [-0.05, 0) is 43.5 Å². The average Bonchev–Trinajstić information content (AvgIpc) is 3.60. The highest BCUT2D eigenvalue weighted by Gasteiger charge is 2.67. The third kappa shape index (κ3) is 3.52. The van der Waals surface area contributed by atoms with Crippen molar-refractivity contribution in [3.63, 3.8) is 0 Å². The first-order valence-corrected chi connectivity index (χ1v) is 13.2. The Kier molecular flexibility index (Phi) is 6.10. The number of rotatable bonds is 6. The standard InChI is InChI=1S/C29H30N2O7/c1-2-3-12-30-21-9-5-4-8-20(21)29(28(30)35)24(26(33)27(34)31(29)17-19-7-6-13-36-19)25(32)18-10-11-22-23(16-18)38-15-14-37-22/h4-5,8-11,16,19,32H,2-3,6-7,12-15,17H2,1H3/t19-,29+/m1/s1. The van der Waals surface area contributed by atoms with Crippen LogP contribution in [-0.2, 0) is 24.7 Å². The molecule has 1 spiro atoms. The van der Waals surface area contributed by atoms with Gasteiger partial charge in [-0.2, -0.15) is 0 Å². The highest BCUT2D eigenvalue weighted by molar-refractivity contribution is 6.50. The van der Waals surface area contributed by atoms with E-state index in [2.05, 4.69) is 0 Å². The van der Waals surface area contributed by atoms with Crippen molar-refractivity contribution in [3.05, 3.63) is 59.2 Å². The van der Waals surface area contributed by atoms with Gasteiger partial charge < -0.3 is 29.1 Å². The lowest BCUT2D eigenvalue weighted by Crippen LogP contribution is -2.54. The Bertz CT molecular complexity index is 1350. The molecule has 198 valence electrons. The van der Waals surface area contributed by atoms with E-state index in [1.54, 1.807) is 35.2 Å². The molecule has 4 heterocycles. The summed E-state index contributed by atoms with van der Waals surface area (Å²) >= 11 is 0. The molecule has 4 aliphatic rings. The predicted octanol–water partition coefficient (Wildman–Crippen LogP) is 3.36. The number of fused-ring (bicyclic) bond motifs is 3. The summed E-state index contributed by atoms with van der Waals surface area (Å²) in [7, 11) is 0. The maximum absolute atomic E-state index is 14.5. The maximum Gasteiger partial charge on any atom is 0.296 e. The van der Waals surface area contributed by atoms with Crippen LogP contribution in [0.2, 0.25) is 0 Å². The van der Waals surface area contributed by atoms with Crippen LogP contribution < -0.4 is 14.4 Å². The van der Waals surface area contributed by atoms with E-state index in [4.69, 9.17) is 14.2 Å². The normalized spacial score (nSPS) is 25.5. The molecule has 2 amide bonds. The highest BCUT2D eigenvalue weighted by atomic mass is 16.6. The molecule has 2 saturated heterocycles. The SMILES string of the molecule is CCCCN1C(=O)[C@@]2(C(=C(O)c3ccc4c(c3)OCCO4)C(=O)C(=O)N2C[C@H]2CCCO2)c2ccccc21. The summed E-state index contributed by atoms with van der Waals surface area (Å²) in [6.45, 7) is 3.86. The topological polar surface area (TPSA) is 106 Å². The zero-order valence-electron chi connectivity index (χ0n) is 21.3. The van der Waals surface area contributed by atoms with Gasteiger partial charge in [0.05, 0.1) is 17.4 Å². The number of Topliss-reactive ketones (excluding diaryl/α,β-unsaturated/α-hetero) is 1. The van der Waals surface area contributed by atoms with Crippen molar-refractivity contribution in [2.24, 2.45) is 0 Å². The summed E-state index contributed by atoms with van der Waals surface area (Å²) < 4.78 is 17.1. The van der Waals surface area contributed by atoms with E-state index in [-0.39, 0.29) is 23.8 Å². The number of ketones is 1. The van der Waals surface area contributed by atoms with Crippen LogP contribution >= 0.6 is 0 Å². The Labute approximate surface area is 220 Å². The van der Waals surface area contributed by atoms with Crippen LogP contribution in [0.5, 0.6) is 11.5 Å². The average molecular weight is 519 g/mol. The number of aliphatic hydroxyl groups is 1. The molecule has 0 aromatic heterocycles. The van der Waals surface area contributed by atoms with E-state index in [0.717, 1.165) is 25.7 Å². The number of carbonyl (C=O) groups is 3. The van der Waals surface area contributed by atoms with E-state index in [0.29, 0.717) is 49.1 Å². The smallest absolute Gasteiger partial charge is 0.296 e. The minimum atomic E-state index is -1.79. The molecule has 2 aromatic rings. The number of carbonyl (C=O) groups excluding carboxylic acids is 3. The first kappa shape index (κ1) is 24.5. The molecule has 0 radical (unpaired) electrons. The van der Waals surface area contributed by atoms with Crippen LogP contribution in [0.3, 0.4) is 0 Å². The monoisotopic (exact) mass is 518 g/mol. The van der Waals surface area contributed by atoms with Gasteiger partial charge in [0.25, 0.3) is 17.6 Å². The minimum Gasteiger partial charge on any atom is -0.507 e. The predicted molar refractivity (Wildman–Crippen MR) is 138 cm³/mol. The number of hydrogen-bond donors (Lipinski definition) is 1. The molecule has 4 aliphatic heterocycles. The number of aliphatic hydroxyl groups excluding tert-OH is 1. The number of hydrogen-bond acceptors (Lipinski definition) is 7. The van der Waals surface area contributed by atoms with E-state index in [1.165, 1.54) is 4.90 Å². The molecular formula is C29H30N2O7. The number of benzene rings is 2. The van der Waals surface area contributed by atoms with Crippen LogP contribution in [0.4, 0.5) is 5.69 Å². The molecule has 9 nitrogen and oxygen atoms in total. The molecular weight excluding hydrogens is 488 g/mol. The molecule has 0 aliphatic carbocycles. The number of anilines is 1. The van der Waals surface area contributed by atoms with Crippen molar-refractivity contribution >= 4 is 29.0 Å². The van der Waals surface area contributed by atoms with Gasteiger partial charge in [0, 0.05) is 30.8 Å². The summed E-state index contributed by atoms with van der Waals surface area (Å²) in [5.41, 5.74) is -0.604. The molecule has 0 saturated carbocycles. The number of amides is 2. The van der Waals surface area contributed by atoms with Crippen molar-refractivity contribution in [2.75, 3.05) is 37.8 Å². The molecule has 0 bridgehead atoms. The number of likely N-dealkylation sites (tertiary alicyclic amines) is 1. The summed E-state index contributed by atoms with van der Waals surface area (Å²) in [6.07, 6.45) is 2.87. The van der Waals surface area contributed by atoms with Gasteiger partial charge in [0.15, 0.2) is 17.0 Å². The van der Waals surface area contributed by atoms with Crippen molar-refractivity contribution in [3.8, 4) is 11.5 Å². The third-order valence-electron chi connectivity index (χ3n) is 7.77. The second-order valence-electron chi connectivity index (χ2n) is 10.00. The van der Waals surface area contributed by atoms with Gasteiger partial charge in [-0.25, -0.2) is 0 Å². The molecule has 9 heteroatoms. The lowest BCUT2D eigenvalue weighted by molar-refractivity contribution is -0.145. The Morgan fingerprint density at radius 1 is 1.05 bits per heavy atom.